The third-order valence-electron chi connectivity index (χ3n) is 6.29. The van der Waals surface area contributed by atoms with Crippen molar-refractivity contribution in [3.63, 3.8) is 0 Å². The number of rotatable bonds is 3. The molecule has 12 heteroatoms. The van der Waals surface area contributed by atoms with Gasteiger partial charge in [0.2, 0.25) is 5.90 Å². The lowest BCUT2D eigenvalue weighted by Crippen LogP contribution is -2.25. The lowest BCUT2D eigenvalue weighted by molar-refractivity contribution is -0.100. The summed E-state index contributed by atoms with van der Waals surface area (Å²) in [6.45, 7) is 0.0410. The summed E-state index contributed by atoms with van der Waals surface area (Å²) in [5.74, 6) is 0.882. The molecule has 0 bridgehead atoms. The summed E-state index contributed by atoms with van der Waals surface area (Å²) in [6, 6.07) is 4.87. The highest BCUT2D eigenvalue weighted by molar-refractivity contribution is 5.95. The van der Waals surface area contributed by atoms with E-state index in [2.05, 4.69) is 20.3 Å². The first kappa shape index (κ1) is 21.6. The van der Waals surface area contributed by atoms with Crippen LogP contribution in [0.2, 0.25) is 0 Å². The van der Waals surface area contributed by atoms with E-state index in [9.17, 15) is 17.6 Å². The molecule has 0 N–H and O–H groups in total. The molecule has 2 atom stereocenters. The summed E-state index contributed by atoms with van der Waals surface area (Å²) < 4.78 is 68.2. The fourth-order valence-corrected chi connectivity index (χ4v) is 4.54. The van der Waals surface area contributed by atoms with Crippen molar-refractivity contribution >= 4 is 5.90 Å². The molecule has 2 aromatic heterocycles. The Labute approximate surface area is 196 Å². The third-order valence-corrected chi connectivity index (χ3v) is 6.29. The van der Waals surface area contributed by atoms with E-state index < -0.39 is 24.0 Å². The maximum absolute atomic E-state index is 13.9. The molecule has 0 saturated heterocycles. The van der Waals surface area contributed by atoms with Crippen molar-refractivity contribution in [2.24, 2.45) is 4.99 Å². The Bertz CT molecular complexity index is 1420. The van der Waals surface area contributed by atoms with Gasteiger partial charge in [-0.05, 0) is 23.8 Å². The van der Waals surface area contributed by atoms with E-state index in [4.69, 9.17) is 9.47 Å². The van der Waals surface area contributed by atoms with Crippen LogP contribution in [0, 0.1) is 0 Å². The molecule has 180 valence electrons. The van der Waals surface area contributed by atoms with Crippen LogP contribution in [0.15, 0.2) is 59.0 Å². The summed E-state index contributed by atoms with van der Waals surface area (Å²) >= 11 is 0. The molecule has 0 fully saturated rings. The van der Waals surface area contributed by atoms with E-state index in [0.717, 1.165) is 28.8 Å². The number of hydrogen-bond acceptors (Lipinski definition) is 6. The Hall–Kier alpha value is -3.96. The minimum Gasteiger partial charge on any atom is -0.497 e. The van der Waals surface area contributed by atoms with Gasteiger partial charge < -0.3 is 9.47 Å². The number of nitrogens with zero attached hydrogens (tertiary/aromatic N) is 6. The Morgan fingerprint density at radius 1 is 1.20 bits per heavy atom. The molecular formula is C23H18F4N6O2. The number of aliphatic imine (C=N–C) groups is 1. The summed E-state index contributed by atoms with van der Waals surface area (Å²) in [5.41, 5.74) is 2.68. The van der Waals surface area contributed by atoms with Crippen LogP contribution in [0.4, 0.5) is 17.6 Å². The van der Waals surface area contributed by atoms with Gasteiger partial charge in [0.15, 0.2) is 0 Å². The monoisotopic (exact) mass is 486 g/mol. The van der Waals surface area contributed by atoms with E-state index >= 15 is 0 Å². The molecule has 6 rings (SSSR count). The highest BCUT2D eigenvalue weighted by Gasteiger charge is 2.41. The SMILES string of the molecule is COc1ccc2c(c1)-n1nncc1Cc1c(C3=N[C@@H](C4=CCC(F)C(C(F)(F)F)=C4)CO3)ncn1-2. The zero-order valence-electron chi connectivity index (χ0n) is 18.3. The highest BCUT2D eigenvalue weighted by atomic mass is 19.4. The van der Waals surface area contributed by atoms with Gasteiger partial charge in [0.1, 0.15) is 36.6 Å². The number of fused-ring (bicyclic) bond motifs is 5. The van der Waals surface area contributed by atoms with Crippen LogP contribution < -0.4 is 4.74 Å². The third kappa shape index (κ3) is 3.51. The lowest BCUT2D eigenvalue weighted by Gasteiger charge is -2.21. The van der Waals surface area contributed by atoms with Gasteiger partial charge in [0.25, 0.3) is 0 Å². The number of halogens is 4. The van der Waals surface area contributed by atoms with Gasteiger partial charge in [-0.1, -0.05) is 11.3 Å². The van der Waals surface area contributed by atoms with E-state index in [1.54, 1.807) is 24.3 Å². The summed E-state index contributed by atoms with van der Waals surface area (Å²) in [7, 11) is 1.58. The van der Waals surface area contributed by atoms with Crippen LogP contribution >= 0.6 is 0 Å². The van der Waals surface area contributed by atoms with Gasteiger partial charge in [-0.2, -0.15) is 13.2 Å². The van der Waals surface area contributed by atoms with Gasteiger partial charge in [-0.3, -0.25) is 4.57 Å². The minimum atomic E-state index is -4.74. The number of ether oxygens (including phenoxy) is 2. The van der Waals surface area contributed by atoms with Crippen molar-refractivity contribution in [3.8, 4) is 17.1 Å². The van der Waals surface area contributed by atoms with Crippen LogP contribution in [-0.2, 0) is 11.2 Å². The van der Waals surface area contributed by atoms with Crippen LogP contribution in [0.3, 0.4) is 0 Å². The predicted molar refractivity (Wildman–Crippen MR) is 116 cm³/mol. The largest absolute Gasteiger partial charge is 0.497 e. The molecule has 3 aliphatic rings. The maximum Gasteiger partial charge on any atom is 0.415 e. The first-order valence-electron chi connectivity index (χ1n) is 10.8. The van der Waals surface area contributed by atoms with Gasteiger partial charge in [-0.15, -0.1) is 5.10 Å². The smallest absolute Gasteiger partial charge is 0.415 e. The molecular weight excluding hydrogens is 468 g/mol. The Kier molecular flexibility index (Phi) is 4.80. The highest BCUT2D eigenvalue weighted by Crippen LogP contribution is 2.37. The van der Waals surface area contributed by atoms with Crippen molar-refractivity contribution in [2.45, 2.75) is 31.2 Å². The van der Waals surface area contributed by atoms with E-state index in [1.165, 1.54) is 6.08 Å². The molecule has 35 heavy (non-hydrogen) atoms. The molecule has 0 saturated carbocycles. The molecule has 1 aliphatic carbocycles. The Balaban J connectivity index is 1.39. The second-order valence-electron chi connectivity index (χ2n) is 8.34. The lowest BCUT2D eigenvalue weighted by atomic mass is 9.93. The van der Waals surface area contributed by atoms with Crippen LogP contribution in [0.1, 0.15) is 23.5 Å². The number of aromatic nitrogens is 5. The topological polar surface area (TPSA) is 79.3 Å². The number of hydrogen-bond donors (Lipinski definition) is 0. The number of allylic oxidation sites excluding steroid dienone is 2. The van der Waals surface area contributed by atoms with Crippen molar-refractivity contribution in [1.82, 2.24) is 24.5 Å². The molecule has 4 heterocycles. The molecule has 1 unspecified atom stereocenters. The van der Waals surface area contributed by atoms with Crippen LogP contribution in [0.25, 0.3) is 11.4 Å². The molecule has 0 radical (unpaired) electrons. The fraction of sp³-hybridized carbons (Fsp3) is 0.304. The first-order chi connectivity index (χ1) is 16.8. The summed E-state index contributed by atoms with van der Waals surface area (Å²) in [5, 5.41) is 8.24. The molecule has 0 spiro atoms. The average molecular weight is 486 g/mol. The number of alkyl halides is 4. The molecule has 2 aliphatic heterocycles. The van der Waals surface area contributed by atoms with Gasteiger partial charge in [0.05, 0.1) is 41.6 Å². The zero-order valence-corrected chi connectivity index (χ0v) is 18.3. The fourth-order valence-electron chi connectivity index (χ4n) is 4.54. The Morgan fingerprint density at radius 2 is 2.06 bits per heavy atom. The maximum atomic E-state index is 13.9. The number of benzene rings is 1. The molecule has 8 nitrogen and oxygen atoms in total. The quantitative estimate of drug-likeness (QED) is 0.413. The first-order valence-corrected chi connectivity index (χ1v) is 10.8. The molecule has 0 amide bonds. The van der Waals surface area contributed by atoms with E-state index in [1.807, 2.05) is 22.8 Å². The standard InChI is InChI=1S/C23H18F4N6O2/c1-34-14-3-5-18-19(8-14)33-13(9-29-31-33)7-20-21(28-11-32(18)20)22-30-17(10-35-22)12-2-4-16(24)15(6-12)23(25,26)27/h2-3,5-6,8-9,11,16-17H,4,7,10H2,1H3/t16?,17-/m1/s1. The van der Waals surface area contributed by atoms with E-state index in [-0.39, 0.29) is 24.5 Å². The normalized spacial score (nSPS) is 21.1. The number of imidazole rings is 1. The van der Waals surface area contributed by atoms with Crippen molar-refractivity contribution in [1.29, 1.82) is 0 Å². The van der Waals surface area contributed by atoms with Crippen molar-refractivity contribution < 1.29 is 27.0 Å². The minimum absolute atomic E-state index is 0.0410. The summed E-state index contributed by atoms with van der Waals surface area (Å²) in [6.07, 6.45) is -1.16. The Morgan fingerprint density at radius 3 is 2.86 bits per heavy atom. The zero-order chi connectivity index (χ0) is 24.3. The van der Waals surface area contributed by atoms with Crippen LogP contribution in [0.5, 0.6) is 5.75 Å². The molecule has 3 aromatic rings. The molecule has 1 aromatic carbocycles. The second-order valence-corrected chi connectivity index (χ2v) is 8.34. The van der Waals surface area contributed by atoms with Gasteiger partial charge in [0, 0.05) is 18.9 Å². The average Bonchev–Trinajstić information content (AvgIpc) is 3.57. The predicted octanol–water partition coefficient (Wildman–Crippen LogP) is 3.67. The van der Waals surface area contributed by atoms with Gasteiger partial charge >= 0.3 is 6.18 Å². The van der Waals surface area contributed by atoms with Crippen LogP contribution in [-0.4, -0.2) is 62.5 Å². The van der Waals surface area contributed by atoms with Crippen molar-refractivity contribution in [3.05, 3.63) is 71.1 Å². The summed E-state index contributed by atoms with van der Waals surface area (Å²) in [4.78, 5) is 9.04. The van der Waals surface area contributed by atoms with Gasteiger partial charge in [-0.25, -0.2) is 19.0 Å². The van der Waals surface area contributed by atoms with Crippen molar-refractivity contribution in [2.75, 3.05) is 13.7 Å². The van der Waals surface area contributed by atoms with E-state index in [0.29, 0.717) is 17.9 Å². The second kappa shape index (κ2) is 7.79. The number of methoxy groups -OCH3 is 1.